The smallest absolute Gasteiger partial charge is 0.191 e. The second-order valence-electron chi connectivity index (χ2n) is 8.57. The first-order valence-electron chi connectivity index (χ1n) is 11.9. The zero-order valence-corrected chi connectivity index (χ0v) is 18.4. The summed E-state index contributed by atoms with van der Waals surface area (Å²) in [5.41, 5.74) is 0.217. The summed E-state index contributed by atoms with van der Waals surface area (Å²) in [7, 11) is 0. The molecule has 1 unspecified atom stereocenters. The van der Waals surface area contributed by atoms with E-state index >= 15 is 0 Å². The van der Waals surface area contributed by atoms with Gasteiger partial charge in [0.25, 0.3) is 0 Å². The molecular weight excluding hydrogens is 368 g/mol. The maximum Gasteiger partial charge on any atom is 0.191 e. The molecule has 0 aromatic heterocycles. The van der Waals surface area contributed by atoms with Crippen molar-refractivity contribution in [2.75, 3.05) is 65.8 Å². The van der Waals surface area contributed by atoms with Crippen molar-refractivity contribution in [3.63, 3.8) is 0 Å². The Labute approximate surface area is 176 Å². The normalized spacial score (nSPS) is 25.8. The molecule has 7 heteroatoms. The van der Waals surface area contributed by atoms with Gasteiger partial charge in [-0.1, -0.05) is 19.3 Å². The van der Waals surface area contributed by atoms with Gasteiger partial charge >= 0.3 is 0 Å². The molecule has 29 heavy (non-hydrogen) atoms. The van der Waals surface area contributed by atoms with Crippen LogP contribution < -0.4 is 10.6 Å². The third-order valence-corrected chi connectivity index (χ3v) is 6.43. The summed E-state index contributed by atoms with van der Waals surface area (Å²) in [6.45, 7) is 10.9. The topological polar surface area (TPSA) is 67.4 Å². The molecule has 2 saturated heterocycles. The Bertz CT molecular complexity index is 471. The van der Waals surface area contributed by atoms with Crippen LogP contribution in [-0.2, 0) is 14.2 Å². The van der Waals surface area contributed by atoms with E-state index < -0.39 is 0 Å². The van der Waals surface area contributed by atoms with E-state index in [0.717, 1.165) is 84.6 Å². The highest BCUT2D eigenvalue weighted by molar-refractivity contribution is 5.79. The van der Waals surface area contributed by atoms with Gasteiger partial charge in [-0.25, -0.2) is 0 Å². The first-order chi connectivity index (χ1) is 14.3. The second-order valence-corrected chi connectivity index (χ2v) is 8.57. The van der Waals surface area contributed by atoms with E-state index in [1.807, 2.05) is 0 Å². The van der Waals surface area contributed by atoms with Crippen molar-refractivity contribution in [1.82, 2.24) is 15.5 Å². The number of hydrogen-bond donors (Lipinski definition) is 2. The van der Waals surface area contributed by atoms with Gasteiger partial charge < -0.3 is 24.8 Å². The minimum Gasteiger partial charge on any atom is -0.379 e. The van der Waals surface area contributed by atoms with E-state index in [1.54, 1.807) is 0 Å². The zero-order chi connectivity index (χ0) is 20.2. The Morgan fingerprint density at radius 3 is 2.66 bits per heavy atom. The van der Waals surface area contributed by atoms with Gasteiger partial charge in [0.2, 0.25) is 0 Å². The van der Waals surface area contributed by atoms with Crippen molar-refractivity contribution in [2.24, 2.45) is 4.99 Å². The van der Waals surface area contributed by atoms with E-state index in [4.69, 9.17) is 19.2 Å². The van der Waals surface area contributed by atoms with Crippen LogP contribution in [0.4, 0.5) is 0 Å². The quantitative estimate of drug-likeness (QED) is 0.327. The number of ether oxygens (including phenoxy) is 3. The average molecular weight is 411 g/mol. The van der Waals surface area contributed by atoms with E-state index in [0.29, 0.717) is 6.10 Å². The van der Waals surface area contributed by atoms with Gasteiger partial charge in [-0.3, -0.25) is 9.89 Å². The Hall–Kier alpha value is -0.890. The highest BCUT2D eigenvalue weighted by Crippen LogP contribution is 2.34. The molecule has 0 aromatic carbocycles. The summed E-state index contributed by atoms with van der Waals surface area (Å²) in [6, 6.07) is 0. The molecule has 2 N–H and O–H groups in total. The molecule has 0 aromatic rings. The Morgan fingerprint density at radius 2 is 1.93 bits per heavy atom. The summed E-state index contributed by atoms with van der Waals surface area (Å²) < 4.78 is 17.0. The van der Waals surface area contributed by atoms with Gasteiger partial charge in [0, 0.05) is 44.9 Å². The highest BCUT2D eigenvalue weighted by atomic mass is 16.5. The van der Waals surface area contributed by atoms with Crippen molar-refractivity contribution in [1.29, 1.82) is 0 Å². The lowest BCUT2D eigenvalue weighted by atomic mass is 9.80. The minimum atomic E-state index is 0.217. The van der Waals surface area contributed by atoms with Crippen LogP contribution in [0, 0.1) is 0 Å². The molecular formula is C22H42N4O3. The predicted molar refractivity (Wildman–Crippen MR) is 117 cm³/mol. The molecule has 1 atom stereocenters. The van der Waals surface area contributed by atoms with Crippen LogP contribution >= 0.6 is 0 Å². The lowest BCUT2D eigenvalue weighted by Gasteiger charge is -2.47. The summed E-state index contributed by atoms with van der Waals surface area (Å²) in [5, 5.41) is 6.91. The van der Waals surface area contributed by atoms with Gasteiger partial charge in [0.15, 0.2) is 5.96 Å². The van der Waals surface area contributed by atoms with Crippen molar-refractivity contribution in [2.45, 2.75) is 69.9 Å². The lowest BCUT2D eigenvalue weighted by Crippen LogP contribution is -2.56. The van der Waals surface area contributed by atoms with Gasteiger partial charge in [0.05, 0.1) is 32.5 Å². The second kappa shape index (κ2) is 12.7. The lowest BCUT2D eigenvalue weighted by molar-refractivity contribution is -0.0333. The number of rotatable bonds is 10. The van der Waals surface area contributed by atoms with Crippen molar-refractivity contribution < 1.29 is 14.2 Å². The number of guanidine groups is 1. The van der Waals surface area contributed by atoms with Crippen molar-refractivity contribution >= 4 is 5.96 Å². The zero-order valence-electron chi connectivity index (χ0n) is 18.4. The molecule has 0 amide bonds. The molecule has 3 fully saturated rings. The van der Waals surface area contributed by atoms with Crippen LogP contribution in [-0.4, -0.2) is 88.3 Å². The number of nitrogens with one attached hydrogen (secondary N) is 2. The molecule has 7 nitrogen and oxygen atoms in total. The van der Waals surface area contributed by atoms with Crippen LogP contribution in [0.15, 0.2) is 4.99 Å². The van der Waals surface area contributed by atoms with Crippen LogP contribution in [0.1, 0.15) is 58.3 Å². The molecule has 0 bridgehead atoms. The molecule has 168 valence electrons. The summed E-state index contributed by atoms with van der Waals surface area (Å²) in [4.78, 5) is 7.67. The highest BCUT2D eigenvalue weighted by Gasteiger charge is 2.38. The average Bonchev–Trinajstić information content (AvgIpc) is 3.29. The molecule has 1 aliphatic carbocycles. The standard InChI is InChI=1S/C22H42N4O3/c1-2-23-21(24-11-7-14-28-18-20-8-6-15-29-20)25-19-22(9-4-3-5-10-22)26-12-16-27-17-13-26/h20H,2-19H2,1H3,(H2,23,24,25). The molecule has 3 rings (SSSR count). The molecule has 0 spiro atoms. The number of nitrogens with zero attached hydrogens (tertiary/aromatic N) is 2. The fourth-order valence-electron chi connectivity index (χ4n) is 4.76. The number of aliphatic imine (C=N–C) groups is 1. The monoisotopic (exact) mass is 410 g/mol. The maximum absolute atomic E-state index is 5.77. The van der Waals surface area contributed by atoms with Gasteiger partial charge in [-0.05, 0) is 39.0 Å². The molecule has 0 radical (unpaired) electrons. The minimum absolute atomic E-state index is 0.217. The third kappa shape index (κ3) is 7.39. The largest absolute Gasteiger partial charge is 0.379 e. The van der Waals surface area contributed by atoms with Gasteiger partial charge in [-0.2, -0.15) is 0 Å². The van der Waals surface area contributed by atoms with E-state index in [1.165, 1.54) is 38.5 Å². The first kappa shape index (κ1) is 22.8. The molecule has 2 heterocycles. The summed E-state index contributed by atoms with van der Waals surface area (Å²) >= 11 is 0. The van der Waals surface area contributed by atoms with E-state index in [9.17, 15) is 0 Å². The molecule has 3 aliphatic rings. The van der Waals surface area contributed by atoms with Crippen LogP contribution in [0.25, 0.3) is 0 Å². The fourth-order valence-corrected chi connectivity index (χ4v) is 4.76. The van der Waals surface area contributed by atoms with Crippen molar-refractivity contribution in [3.05, 3.63) is 0 Å². The number of hydrogen-bond acceptors (Lipinski definition) is 5. The Kier molecular flexibility index (Phi) is 10.00. The number of morpholine rings is 1. The Morgan fingerprint density at radius 1 is 1.10 bits per heavy atom. The van der Waals surface area contributed by atoms with Gasteiger partial charge in [-0.15, -0.1) is 0 Å². The maximum atomic E-state index is 5.77. The van der Waals surface area contributed by atoms with Crippen molar-refractivity contribution in [3.8, 4) is 0 Å². The van der Waals surface area contributed by atoms with E-state index in [-0.39, 0.29) is 5.54 Å². The van der Waals surface area contributed by atoms with E-state index in [2.05, 4.69) is 22.5 Å². The van der Waals surface area contributed by atoms with Crippen LogP contribution in [0.3, 0.4) is 0 Å². The molecule has 1 saturated carbocycles. The van der Waals surface area contributed by atoms with Gasteiger partial charge in [0.1, 0.15) is 0 Å². The SMILES string of the molecule is CCNC(=NCC1(N2CCOCC2)CCCCC1)NCCCOCC1CCCO1. The van der Waals surface area contributed by atoms with Crippen LogP contribution in [0.5, 0.6) is 0 Å². The summed E-state index contributed by atoms with van der Waals surface area (Å²) in [5.74, 6) is 0.935. The van der Waals surface area contributed by atoms with Crippen LogP contribution in [0.2, 0.25) is 0 Å². The predicted octanol–water partition coefficient (Wildman–Crippen LogP) is 2.16. The third-order valence-electron chi connectivity index (χ3n) is 6.43. The summed E-state index contributed by atoms with van der Waals surface area (Å²) in [6.07, 6.45) is 10.1. The Balaban J connectivity index is 1.43. The first-order valence-corrected chi connectivity index (χ1v) is 11.9. The fraction of sp³-hybridized carbons (Fsp3) is 0.955. The molecule has 2 aliphatic heterocycles.